The molecule has 0 aromatic heterocycles. The summed E-state index contributed by atoms with van der Waals surface area (Å²) in [7, 11) is 1.48. The van der Waals surface area contributed by atoms with Gasteiger partial charge in [-0.3, -0.25) is 0 Å². The lowest BCUT2D eigenvalue weighted by Crippen LogP contribution is -2.39. The number of aromatic carboxylic acids is 1. The minimum absolute atomic E-state index is 0. The number of nitrogens with zero attached hydrogens (tertiary/aromatic N) is 1. The molecule has 1 heterocycles. The summed E-state index contributed by atoms with van der Waals surface area (Å²) < 4.78 is 11.6. The van der Waals surface area contributed by atoms with Gasteiger partial charge in [-0.15, -0.1) is 12.4 Å². The van der Waals surface area contributed by atoms with E-state index in [-0.39, 0.29) is 30.1 Å². The summed E-state index contributed by atoms with van der Waals surface area (Å²) in [6, 6.07) is 28.2. The molecular formula is C30H31ClN2O4. The van der Waals surface area contributed by atoms with Gasteiger partial charge in [-0.05, 0) is 66.6 Å². The van der Waals surface area contributed by atoms with Crippen molar-refractivity contribution in [3.63, 3.8) is 0 Å². The van der Waals surface area contributed by atoms with Gasteiger partial charge < -0.3 is 24.8 Å². The standard InChI is InChI=1S/C30H30N2O4.ClH/c1-20(24-11-7-9-21-8-3-4-10-25(21)24)31-17-16-23-19-32(27-12-5-6-13-29(27)36-23)22-14-15-28(35-2)26(18-22)30(33)34;/h3-15,18,20,23,31H,16-17,19H2,1-2H3,(H,33,34);1H/t20-,23?;/m1./s1. The first kappa shape index (κ1) is 26.3. The fourth-order valence-corrected chi connectivity index (χ4v) is 4.92. The molecule has 192 valence electrons. The zero-order valence-corrected chi connectivity index (χ0v) is 21.7. The van der Waals surface area contributed by atoms with E-state index >= 15 is 0 Å². The lowest BCUT2D eigenvalue weighted by molar-refractivity contribution is 0.0693. The second-order valence-electron chi connectivity index (χ2n) is 9.04. The number of ether oxygens (including phenoxy) is 2. The molecule has 1 aliphatic heterocycles. The number of para-hydroxylation sites is 2. The SMILES string of the molecule is COc1ccc(N2CC(CCN[C@H](C)c3cccc4ccccc34)Oc3ccccc32)cc1C(=O)O.Cl. The van der Waals surface area contributed by atoms with Gasteiger partial charge in [0.1, 0.15) is 23.2 Å². The molecular weight excluding hydrogens is 488 g/mol. The van der Waals surface area contributed by atoms with E-state index in [0.29, 0.717) is 12.3 Å². The molecule has 2 N–H and O–H groups in total. The van der Waals surface area contributed by atoms with Crippen LogP contribution < -0.4 is 19.7 Å². The maximum atomic E-state index is 11.8. The van der Waals surface area contributed by atoms with Gasteiger partial charge >= 0.3 is 5.97 Å². The molecule has 0 spiro atoms. The second-order valence-corrected chi connectivity index (χ2v) is 9.04. The Hall–Kier alpha value is -3.74. The van der Waals surface area contributed by atoms with Crippen molar-refractivity contribution in [2.24, 2.45) is 0 Å². The molecule has 0 saturated carbocycles. The average Bonchev–Trinajstić information content (AvgIpc) is 2.91. The van der Waals surface area contributed by atoms with Crippen LogP contribution in [-0.4, -0.2) is 37.4 Å². The zero-order chi connectivity index (χ0) is 25.1. The third-order valence-corrected chi connectivity index (χ3v) is 6.77. The molecule has 1 unspecified atom stereocenters. The number of nitrogens with one attached hydrogen (secondary N) is 1. The van der Waals surface area contributed by atoms with E-state index in [0.717, 1.165) is 30.1 Å². The minimum Gasteiger partial charge on any atom is -0.496 e. The zero-order valence-electron chi connectivity index (χ0n) is 20.9. The van der Waals surface area contributed by atoms with Crippen molar-refractivity contribution in [3.8, 4) is 11.5 Å². The van der Waals surface area contributed by atoms with Crippen molar-refractivity contribution in [2.45, 2.75) is 25.5 Å². The lowest BCUT2D eigenvalue weighted by Gasteiger charge is -2.36. The number of carboxylic acids is 1. The van der Waals surface area contributed by atoms with Gasteiger partial charge in [0.25, 0.3) is 0 Å². The predicted octanol–water partition coefficient (Wildman–Crippen LogP) is 6.61. The van der Waals surface area contributed by atoms with Crippen molar-refractivity contribution in [1.82, 2.24) is 5.32 Å². The predicted molar refractivity (Wildman–Crippen MR) is 150 cm³/mol. The van der Waals surface area contributed by atoms with Crippen LogP contribution in [0.15, 0.2) is 84.9 Å². The van der Waals surface area contributed by atoms with Crippen molar-refractivity contribution < 1.29 is 19.4 Å². The fraction of sp³-hybridized carbons (Fsp3) is 0.233. The molecule has 6 nitrogen and oxygen atoms in total. The molecule has 0 radical (unpaired) electrons. The Morgan fingerprint density at radius 3 is 2.65 bits per heavy atom. The van der Waals surface area contributed by atoms with E-state index in [9.17, 15) is 9.90 Å². The Labute approximate surface area is 223 Å². The van der Waals surface area contributed by atoms with E-state index in [1.165, 1.54) is 23.4 Å². The number of hydrogen-bond acceptors (Lipinski definition) is 5. The molecule has 0 aliphatic carbocycles. The molecule has 0 bridgehead atoms. The second kappa shape index (κ2) is 11.5. The van der Waals surface area contributed by atoms with Gasteiger partial charge in [0, 0.05) is 11.7 Å². The normalized spacial score (nSPS) is 15.3. The summed E-state index contributed by atoms with van der Waals surface area (Å²) in [6.07, 6.45) is 0.754. The van der Waals surface area contributed by atoms with Gasteiger partial charge in [-0.1, -0.05) is 54.6 Å². The Bertz CT molecular complexity index is 1390. The summed E-state index contributed by atoms with van der Waals surface area (Å²) in [5.74, 6) is 0.123. The van der Waals surface area contributed by atoms with Crippen LogP contribution in [0.3, 0.4) is 0 Å². The van der Waals surface area contributed by atoms with Gasteiger partial charge in [-0.2, -0.15) is 0 Å². The van der Waals surface area contributed by atoms with E-state index in [4.69, 9.17) is 9.47 Å². The number of carbonyl (C=O) groups is 1. The maximum absolute atomic E-state index is 11.8. The first-order valence-electron chi connectivity index (χ1n) is 12.2. The highest BCUT2D eigenvalue weighted by Gasteiger charge is 2.27. The van der Waals surface area contributed by atoms with Crippen LogP contribution in [0.1, 0.15) is 35.3 Å². The van der Waals surface area contributed by atoms with E-state index < -0.39 is 5.97 Å². The number of anilines is 2. The molecule has 7 heteroatoms. The van der Waals surface area contributed by atoms with Crippen molar-refractivity contribution in [1.29, 1.82) is 0 Å². The average molecular weight is 519 g/mol. The highest BCUT2D eigenvalue weighted by atomic mass is 35.5. The van der Waals surface area contributed by atoms with Crippen LogP contribution in [0.5, 0.6) is 11.5 Å². The molecule has 37 heavy (non-hydrogen) atoms. The number of fused-ring (bicyclic) bond motifs is 2. The van der Waals surface area contributed by atoms with Gasteiger partial charge in [0.2, 0.25) is 0 Å². The number of rotatable bonds is 8. The van der Waals surface area contributed by atoms with Crippen LogP contribution >= 0.6 is 12.4 Å². The number of benzene rings is 4. The van der Waals surface area contributed by atoms with Crippen LogP contribution in [0, 0.1) is 0 Å². The molecule has 1 aliphatic rings. The molecule has 0 amide bonds. The third kappa shape index (κ3) is 5.50. The summed E-state index contributed by atoms with van der Waals surface area (Å²) in [5.41, 5.74) is 3.14. The van der Waals surface area contributed by atoms with E-state index in [2.05, 4.69) is 59.6 Å². The van der Waals surface area contributed by atoms with Crippen molar-refractivity contribution in [2.75, 3.05) is 25.1 Å². The maximum Gasteiger partial charge on any atom is 0.339 e. The van der Waals surface area contributed by atoms with Crippen LogP contribution in [-0.2, 0) is 0 Å². The Morgan fingerprint density at radius 1 is 1.08 bits per heavy atom. The Kier molecular flexibility index (Phi) is 8.21. The molecule has 4 aromatic carbocycles. The minimum atomic E-state index is -1.02. The van der Waals surface area contributed by atoms with E-state index in [1.54, 1.807) is 12.1 Å². The van der Waals surface area contributed by atoms with Crippen molar-refractivity contribution >= 4 is 40.5 Å². The topological polar surface area (TPSA) is 71.0 Å². The smallest absolute Gasteiger partial charge is 0.339 e. The molecule has 0 fully saturated rings. The van der Waals surface area contributed by atoms with Crippen molar-refractivity contribution in [3.05, 3.63) is 96.1 Å². The summed E-state index contributed by atoms with van der Waals surface area (Å²) in [4.78, 5) is 13.9. The van der Waals surface area contributed by atoms with Gasteiger partial charge in [0.05, 0.1) is 19.3 Å². The first-order valence-corrected chi connectivity index (χ1v) is 12.2. The Morgan fingerprint density at radius 2 is 1.84 bits per heavy atom. The molecule has 4 aromatic rings. The number of methoxy groups -OCH3 is 1. The highest BCUT2D eigenvalue weighted by molar-refractivity contribution is 5.93. The third-order valence-electron chi connectivity index (χ3n) is 6.77. The molecule has 5 rings (SSSR count). The largest absolute Gasteiger partial charge is 0.496 e. The number of halogens is 1. The first-order chi connectivity index (χ1) is 17.5. The molecule has 0 saturated heterocycles. The van der Waals surface area contributed by atoms with E-state index in [1.807, 2.05) is 30.3 Å². The van der Waals surface area contributed by atoms with Crippen LogP contribution in [0.25, 0.3) is 10.8 Å². The summed E-state index contributed by atoms with van der Waals surface area (Å²) in [5, 5.41) is 15.8. The van der Waals surface area contributed by atoms with Crippen LogP contribution in [0.4, 0.5) is 11.4 Å². The number of carboxylic acid groups (broad SMARTS) is 1. The summed E-state index contributed by atoms with van der Waals surface area (Å²) >= 11 is 0. The fourth-order valence-electron chi connectivity index (χ4n) is 4.92. The lowest BCUT2D eigenvalue weighted by atomic mass is 9.99. The van der Waals surface area contributed by atoms with Gasteiger partial charge in [-0.25, -0.2) is 4.79 Å². The molecule has 2 atom stereocenters. The quantitative estimate of drug-likeness (QED) is 0.273. The monoisotopic (exact) mass is 518 g/mol. The number of hydrogen-bond donors (Lipinski definition) is 2. The Balaban J connectivity index is 0.00000320. The highest BCUT2D eigenvalue weighted by Crippen LogP contribution is 2.39. The summed E-state index contributed by atoms with van der Waals surface area (Å²) in [6.45, 7) is 3.59. The van der Waals surface area contributed by atoms with Gasteiger partial charge in [0.15, 0.2) is 0 Å². The van der Waals surface area contributed by atoms with Crippen LogP contribution in [0.2, 0.25) is 0 Å².